The van der Waals surface area contributed by atoms with E-state index in [1.54, 1.807) is 42.5 Å². The number of hydrogen-bond acceptors (Lipinski definition) is 12. The molecule has 0 aromatic heterocycles. The Bertz CT molecular complexity index is 1160. The monoisotopic (exact) mass is 833 g/mol. The van der Waals surface area contributed by atoms with Gasteiger partial charge in [-0.05, 0) is 31.6 Å². The maximum absolute atomic E-state index is 12.6. The molecule has 6 N–H and O–H groups in total. The molecule has 0 fully saturated rings. The minimum Gasteiger partial charge on any atom is -0.462 e. The second-order valence-corrected chi connectivity index (χ2v) is 16.5. The number of hydrogen-bond donors (Lipinski definition) is 6. The number of esters is 2. The van der Waals surface area contributed by atoms with Crippen molar-refractivity contribution in [3.63, 3.8) is 0 Å². The first kappa shape index (κ1) is 54.8. The van der Waals surface area contributed by atoms with E-state index in [2.05, 4.69) is 25.3 Å². The standard InChI is InChI=1S/C43H77O13P/c1-4-5-19-26-37(45)27-21-16-13-14-17-22-28-40(47)41(48)29-24-31-42(49)53-34-39(35-55-57(51,52)54-33-38(46)32-44)56-43(50)30-23-18-12-10-8-6-7-9-11-15-20-25-36(2)3/h13-14,16-17,21-22,27-28,36-41,44-48H,4-12,15,18-20,23-26,29-35H2,1-3H3,(H,51,52)/b16-13-,17-14+,27-21+,28-22+/t37-,38+,39-,40-,41-/m1/s1. The summed E-state index contributed by atoms with van der Waals surface area (Å²) >= 11 is 0. The van der Waals surface area contributed by atoms with E-state index in [0.717, 1.165) is 57.3 Å². The van der Waals surface area contributed by atoms with Gasteiger partial charge in [0.25, 0.3) is 0 Å². The predicted octanol–water partition coefficient (Wildman–Crippen LogP) is 7.71. The fourth-order valence-corrected chi connectivity index (χ4v) is 6.35. The third-order valence-corrected chi connectivity index (χ3v) is 9.98. The Morgan fingerprint density at radius 2 is 1.14 bits per heavy atom. The molecule has 0 aliphatic heterocycles. The van der Waals surface area contributed by atoms with Crippen LogP contribution in [0.2, 0.25) is 0 Å². The van der Waals surface area contributed by atoms with Crippen molar-refractivity contribution < 1.29 is 63.1 Å². The molecule has 0 heterocycles. The maximum atomic E-state index is 12.6. The Kier molecular flexibility index (Phi) is 35.4. The van der Waals surface area contributed by atoms with Crippen LogP contribution in [0.15, 0.2) is 48.6 Å². The summed E-state index contributed by atoms with van der Waals surface area (Å²) in [4.78, 5) is 35.0. The summed E-state index contributed by atoms with van der Waals surface area (Å²) in [6.45, 7) is 4.17. The fourth-order valence-electron chi connectivity index (χ4n) is 5.56. The van der Waals surface area contributed by atoms with Crippen LogP contribution in [0.1, 0.15) is 149 Å². The van der Waals surface area contributed by atoms with Gasteiger partial charge in [-0.25, -0.2) is 4.57 Å². The molecule has 0 aliphatic carbocycles. The average Bonchev–Trinajstić information content (AvgIpc) is 3.17. The summed E-state index contributed by atoms with van der Waals surface area (Å²) in [5.74, 6) is -0.480. The molecule has 6 atom stereocenters. The van der Waals surface area contributed by atoms with Gasteiger partial charge in [-0.3, -0.25) is 18.6 Å². The highest BCUT2D eigenvalue weighted by molar-refractivity contribution is 7.47. The van der Waals surface area contributed by atoms with E-state index < -0.39 is 76.7 Å². The molecule has 0 aromatic rings. The lowest BCUT2D eigenvalue weighted by molar-refractivity contribution is -0.161. The predicted molar refractivity (Wildman–Crippen MR) is 223 cm³/mol. The van der Waals surface area contributed by atoms with Gasteiger partial charge in [0.15, 0.2) is 6.10 Å². The molecule has 57 heavy (non-hydrogen) atoms. The molecule has 0 rings (SSSR count). The van der Waals surface area contributed by atoms with Gasteiger partial charge in [-0.2, -0.15) is 0 Å². The number of unbranched alkanes of at least 4 members (excludes halogenated alkanes) is 12. The number of ether oxygens (including phenoxy) is 2. The van der Waals surface area contributed by atoms with E-state index in [1.165, 1.54) is 51.0 Å². The van der Waals surface area contributed by atoms with Crippen molar-refractivity contribution in [2.75, 3.05) is 26.4 Å². The van der Waals surface area contributed by atoms with Gasteiger partial charge in [0.2, 0.25) is 0 Å². The van der Waals surface area contributed by atoms with Crippen molar-refractivity contribution in [1.29, 1.82) is 0 Å². The second kappa shape index (κ2) is 36.9. The Labute approximate surface area is 342 Å². The minimum absolute atomic E-state index is 0.0976. The summed E-state index contributed by atoms with van der Waals surface area (Å²) < 4.78 is 32.4. The second-order valence-electron chi connectivity index (χ2n) is 15.1. The highest BCUT2D eigenvalue weighted by atomic mass is 31.2. The first-order valence-corrected chi connectivity index (χ1v) is 22.8. The number of aliphatic hydroxyl groups excluding tert-OH is 5. The van der Waals surface area contributed by atoms with Crippen LogP contribution in [-0.2, 0) is 32.7 Å². The molecule has 0 aliphatic rings. The van der Waals surface area contributed by atoms with Crippen LogP contribution in [0, 0.1) is 5.92 Å². The van der Waals surface area contributed by atoms with Gasteiger partial charge in [-0.1, -0.05) is 159 Å². The van der Waals surface area contributed by atoms with E-state index in [4.69, 9.17) is 19.1 Å². The molecule has 1 unspecified atom stereocenters. The van der Waals surface area contributed by atoms with Crippen molar-refractivity contribution in [3.8, 4) is 0 Å². The number of carbonyl (C=O) groups is 2. The minimum atomic E-state index is -4.70. The summed E-state index contributed by atoms with van der Waals surface area (Å²) in [6, 6.07) is 0. The Morgan fingerprint density at radius 3 is 1.74 bits per heavy atom. The van der Waals surface area contributed by atoms with E-state index in [0.29, 0.717) is 6.42 Å². The number of allylic oxidation sites excluding steroid dienone is 6. The lowest BCUT2D eigenvalue weighted by atomic mass is 10.0. The zero-order valence-corrected chi connectivity index (χ0v) is 35.9. The maximum Gasteiger partial charge on any atom is 0.472 e. The number of aliphatic hydroxyl groups is 5. The molecule has 0 saturated heterocycles. The quantitative estimate of drug-likeness (QED) is 0.0153. The normalized spacial score (nSPS) is 16.1. The summed E-state index contributed by atoms with van der Waals surface area (Å²) in [5.41, 5.74) is 0. The lowest BCUT2D eigenvalue weighted by Crippen LogP contribution is -2.30. The van der Waals surface area contributed by atoms with Crippen molar-refractivity contribution in [2.45, 2.75) is 180 Å². The summed E-state index contributed by atoms with van der Waals surface area (Å²) in [6.07, 6.45) is 26.0. The van der Waals surface area contributed by atoms with Crippen LogP contribution in [0.4, 0.5) is 0 Å². The lowest BCUT2D eigenvalue weighted by Gasteiger charge is -2.20. The van der Waals surface area contributed by atoms with E-state index in [-0.39, 0.29) is 25.7 Å². The molecular weight excluding hydrogens is 755 g/mol. The highest BCUT2D eigenvalue weighted by Crippen LogP contribution is 2.43. The number of phosphoric acid groups is 1. The van der Waals surface area contributed by atoms with Crippen molar-refractivity contribution in [3.05, 3.63) is 48.6 Å². The van der Waals surface area contributed by atoms with Crippen molar-refractivity contribution in [2.24, 2.45) is 5.92 Å². The van der Waals surface area contributed by atoms with E-state index in [9.17, 15) is 39.5 Å². The molecule has 14 heteroatoms. The van der Waals surface area contributed by atoms with Gasteiger partial charge in [0.1, 0.15) is 12.7 Å². The zero-order valence-electron chi connectivity index (χ0n) is 35.0. The van der Waals surface area contributed by atoms with Crippen molar-refractivity contribution >= 4 is 19.8 Å². The molecule has 0 bridgehead atoms. The van der Waals surface area contributed by atoms with Gasteiger partial charge in [0, 0.05) is 12.8 Å². The number of rotatable bonds is 38. The molecule has 332 valence electrons. The Balaban J connectivity index is 4.64. The zero-order chi connectivity index (χ0) is 42.6. The van der Waals surface area contributed by atoms with Crippen molar-refractivity contribution in [1.82, 2.24) is 0 Å². The average molecular weight is 833 g/mol. The third kappa shape index (κ3) is 36.6. The topological polar surface area (TPSA) is 210 Å². The van der Waals surface area contributed by atoms with Crippen LogP contribution < -0.4 is 0 Å². The van der Waals surface area contributed by atoms with Crippen LogP contribution in [-0.4, -0.2) is 99.3 Å². The SMILES string of the molecule is CCCCC[C@@H](O)/C=C/C=C\C=C\C=C\[C@@H](O)[C@H](O)CCCC(=O)OC[C@H](COP(=O)(O)OC[C@@H](O)CO)OC(=O)CCCCCCCCCCCCCC(C)C. The Hall–Kier alpha value is -2.19. The Morgan fingerprint density at radius 1 is 0.614 bits per heavy atom. The number of phosphoric ester groups is 1. The summed E-state index contributed by atoms with van der Waals surface area (Å²) in [5, 5.41) is 48.7. The van der Waals surface area contributed by atoms with Gasteiger partial charge >= 0.3 is 19.8 Å². The molecule has 0 amide bonds. The number of carbonyl (C=O) groups excluding carboxylic acids is 2. The van der Waals surface area contributed by atoms with Gasteiger partial charge < -0.3 is 39.9 Å². The third-order valence-electron chi connectivity index (χ3n) is 9.03. The molecule has 0 saturated carbocycles. The van der Waals surface area contributed by atoms with Crippen LogP contribution in [0.5, 0.6) is 0 Å². The first-order valence-electron chi connectivity index (χ1n) is 21.3. The fraction of sp³-hybridized carbons (Fsp3) is 0.767. The highest BCUT2D eigenvalue weighted by Gasteiger charge is 2.27. The molecule has 13 nitrogen and oxygen atoms in total. The molecular formula is C43H77O13P. The van der Waals surface area contributed by atoms with Crippen LogP contribution in [0.25, 0.3) is 0 Å². The van der Waals surface area contributed by atoms with E-state index >= 15 is 0 Å². The van der Waals surface area contributed by atoms with Crippen LogP contribution in [0.3, 0.4) is 0 Å². The molecule has 0 aromatic carbocycles. The first-order chi connectivity index (χ1) is 27.3. The largest absolute Gasteiger partial charge is 0.472 e. The van der Waals surface area contributed by atoms with Gasteiger partial charge in [-0.15, -0.1) is 0 Å². The molecule has 0 radical (unpaired) electrons. The smallest absolute Gasteiger partial charge is 0.462 e. The van der Waals surface area contributed by atoms with Crippen LogP contribution >= 0.6 is 7.82 Å². The van der Waals surface area contributed by atoms with Gasteiger partial charge in [0.05, 0.1) is 38.1 Å². The summed E-state index contributed by atoms with van der Waals surface area (Å²) in [7, 11) is -4.70. The van der Waals surface area contributed by atoms with E-state index in [1.807, 2.05) is 0 Å². The molecule has 0 spiro atoms.